The highest BCUT2D eigenvalue weighted by Crippen LogP contribution is 2.41. The molecule has 138 valence electrons. The Balaban J connectivity index is 1.87. The third-order valence-corrected chi connectivity index (χ3v) is 4.69. The van der Waals surface area contributed by atoms with Gasteiger partial charge in [0.25, 0.3) is 5.91 Å². The van der Waals surface area contributed by atoms with Gasteiger partial charge in [-0.2, -0.15) is 13.2 Å². The minimum Gasteiger partial charge on any atom is -0.349 e. The van der Waals surface area contributed by atoms with Crippen molar-refractivity contribution in [1.82, 2.24) is 5.32 Å². The number of rotatable bonds is 3. The van der Waals surface area contributed by atoms with Crippen molar-refractivity contribution in [1.29, 1.82) is 0 Å². The van der Waals surface area contributed by atoms with E-state index in [1.165, 1.54) is 18.2 Å². The number of hydrogen-bond acceptors (Lipinski definition) is 1. The fraction of sp³-hybridized carbons (Fsp3) is 0.316. The van der Waals surface area contributed by atoms with Crippen LogP contribution in [0.1, 0.15) is 46.7 Å². The molecule has 2 atom stereocenters. The Labute approximate surface area is 147 Å². The number of carbonyl (C=O) groups excluding carboxylic acids is 1. The lowest BCUT2D eigenvalue weighted by molar-refractivity contribution is -0.138. The second kappa shape index (κ2) is 7.05. The van der Waals surface area contributed by atoms with Crippen LogP contribution in [0, 0.1) is 11.6 Å². The smallest absolute Gasteiger partial charge is 0.349 e. The third-order valence-electron chi connectivity index (χ3n) is 4.69. The van der Waals surface area contributed by atoms with Gasteiger partial charge in [-0.25, -0.2) is 8.78 Å². The topological polar surface area (TPSA) is 29.1 Å². The highest BCUT2D eigenvalue weighted by atomic mass is 19.4. The van der Waals surface area contributed by atoms with Crippen LogP contribution in [-0.4, -0.2) is 11.9 Å². The number of alkyl halides is 3. The monoisotopic (exact) mass is 369 g/mol. The van der Waals surface area contributed by atoms with Gasteiger partial charge >= 0.3 is 6.18 Å². The molecule has 0 aliphatic heterocycles. The van der Waals surface area contributed by atoms with Crippen LogP contribution in [-0.2, 0) is 6.18 Å². The minimum atomic E-state index is -4.51. The molecule has 0 aromatic heterocycles. The zero-order valence-corrected chi connectivity index (χ0v) is 13.6. The van der Waals surface area contributed by atoms with Crippen molar-refractivity contribution in [2.45, 2.75) is 37.4 Å². The summed E-state index contributed by atoms with van der Waals surface area (Å²) in [5, 5.41) is 2.52. The molecule has 26 heavy (non-hydrogen) atoms. The summed E-state index contributed by atoms with van der Waals surface area (Å²) >= 11 is 0. The summed E-state index contributed by atoms with van der Waals surface area (Å²) in [5.74, 6) is -3.53. The van der Waals surface area contributed by atoms with E-state index in [0.717, 1.165) is 24.3 Å². The molecular formula is C19H16F5NO. The molecule has 0 unspecified atom stereocenters. The van der Waals surface area contributed by atoms with E-state index in [9.17, 15) is 26.7 Å². The van der Waals surface area contributed by atoms with Gasteiger partial charge in [0, 0.05) is 12.0 Å². The van der Waals surface area contributed by atoms with Gasteiger partial charge in [0.15, 0.2) is 0 Å². The number of amides is 1. The average molecular weight is 369 g/mol. The molecule has 0 radical (unpaired) electrons. The van der Waals surface area contributed by atoms with E-state index in [2.05, 4.69) is 5.32 Å². The number of carbonyl (C=O) groups is 1. The first-order chi connectivity index (χ1) is 12.3. The molecule has 1 saturated carbocycles. The van der Waals surface area contributed by atoms with Gasteiger partial charge in [0.2, 0.25) is 0 Å². The summed E-state index contributed by atoms with van der Waals surface area (Å²) in [5.41, 5.74) is -1.37. The number of benzene rings is 2. The quantitative estimate of drug-likeness (QED) is 0.754. The maximum Gasteiger partial charge on any atom is 0.416 e. The third kappa shape index (κ3) is 3.57. The van der Waals surface area contributed by atoms with Crippen LogP contribution < -0.4 is 5.32 Å². The van der Waals surface area contributed by atoms with Crippen LogP contribution in [0.4, 0.5) is 22.0 Å². The van der Waals surface area contributed by atoms with Gasteiger partial charge in [0.05, 0.1) is 5.56 Å². The number of nitrogens with one attached hydrogen (secondary N) is 1. The molecule has 3 rings (SSSR count). The first-order valence-electron chi connectivity index (χ1n) is 8.20. The lowest BCUT2D eigenvalue weighted by Crippen LogP contribution is -2.37. The summed E-state index contributed by atoms with van der Waals surface area (Å²) in [6.07, 6.45) is -3.00. The predicted molar refractivity (Wildman–Crippen MR) is 85.6 cm³/mol. The van der Waals surface area contributed by atoms with Crippen LogP contribution in [0.3, 0.4) is 0 Å². The molecule has 1 fully saturated rings. The van der Waals surface area contributed by atoms with Gasteiger partial charge < -0.3 is 5.32 Å². The fourth-order valence-corrected chi connectivity index (χ4v) is 3.54. The van der Waals surface area contributed by atoms with E-state index in [-0.39, 0.29) is 5.56 Å². The van der Waals surface area contributed by atoms with E-state index in [1.54, 1.807) is 0 Å². The Morgan fingerprint density at radius 2 is 1.62 bits per heavy atom. The predicted octanol–water partition coefficient (Wildman–Crippen LogP) is 5.05. The number of halogens is 5. The Bertz CT molecular complexity index is 798. The Kier molecular flexibility index (Phi) is 4.98. The van der Waals surface area contributed by atoms with Gasteiger partial charge in [0.1, 0.15) is 17.2 Å². The highest BCUT2D eigenvalue weighted by Gasteiger charge is 2.39. The lowest BCUT2D eigenvalue weighted by Gasteiger charge is -2.24. The summed E-state index contributed by atoms with van der Waals surface area (Å²) in [6, 6.07) is 7.66. The lowest BCUT2D eigenvalue weighted by atomic mass is 9.89. The van der Waals surface area contributed by atoms with E-state index in [0.29, 0.717) is 19.3 Å². The van der Waals surface area contributed by atoms with Crippen LogP contribution in [0.25, 0.3) is 0 Å². The van der Waals surface area contributed by atoms with E-state index in [4.69, 9.17) is 0 Å². The zero-order valence-electron chi connectivity index (χ0n) is 13.6. The summed E-state index contributed by atoms with van der Waals surface area (Å²) in [4.78, 5) is 12.3. The second-order valence-corrected chi connectivity index (χ2v) is 6.30. The van der Waals surface area contributed by atoms with Crippen molar-refractivity contribution >= 4 is 5.91 Å². The van der Waals surface area contributed by atoms with Crippen molar-refractivity contribution in [3.8, 4) is 0 Å². The molecule has 7 heteroatoms. The molecule has 0 spiro atoms. The molecule has 0 heterocycles. The fourth-order valence-electron chi connectivity index (χ4n) is 3.54. The second-order valence-electron chi connectivity index (χ2n) is 6.30. The van der Waals surface area contributed by atoms with Crippen LogP contribution >= 0.6 is 0 Å². The van der Waals surface area contributed by atoms with E-state index >= 15 is 0 Å². The maximum absolute atomic E-state index is 13.8. The van der Waals surface area contributed by atoms with Crippen LogP contribution in [0.2, 0.25) is 0 Å². The Hall–Kier alpha value is -2.44. The first kappa shape index (κ1) is 18.4. The number of hydrogen-bond donors (Lipinski definition) is 1. The summed E-state index contributed by atoms with van der Waals surface area (Å²) < 4.78 is 67.4. The standard InChI is InChI=1S/C19H16F5NO/c20-14-8-4-9-15(21)17(14)18(26)25-16-10-3-6-12(16)11-5-1-2-7-13(11)19(22,23)24/h1-2,4-5,7-9,12,16H,3,6,10H2,(H,25,26)/t12-,16-/m1/s1. The molecule has 2 aromatic rings. The largest absolute Gasteiger partial charge is 0.416 e. The Morgan fingerprint density at radius 1 is 0.962 bits per heavy atom. The average Bonchev–Trinajstić information content (AvgIpc) is 3.02. The van der Waals surface area contributed by atoms with Crippen molar-refractivity contribution in [2.24, 2.45) is 0 Å². The van der Waals surface area contributed by atoms with Gasteiger partial charge in [-0.15, -0.1) is 0 Å². The molecule has 2 nitrogen and oxygen atoms in total. The molecule has 2 aromatic carbocycles. The van der Waals surface area contributed by atoms with E-state index < -0.39 is 46.8 Å². The molecule has 1 N–H and O–H groups in total. The van der Waals surface area contributed by atoms with Crippen molar-refractivity contribution < 1.29 is 26.7 Å². The summed E-state index contributed by atoms with van der Waals surface area (Å²) in [7, 11) is 0. The zero-order chi connectivity index (χ0) is 18.9. The molecule has 0 bridgehead atoms. The van der Waals surface area contributed by atoms with Crippen molar-refractivity contribution in [3.05, 3.63) is 70.8 Å². The maximum atomic E-state index is 13.8. The van der Waals surface area contributed by atoms with Gasteiger partial charge in [-0.3, -0.25) is 4.79 Å². The normalized spacial score (nSPS) is 20.2. The summed E-state index contributed by atoms with van der Waals surface area (Å²) in [6.45, 7) is 0. The molecule has 1 aliphatic carbocycles. The van der Waals surface area contributed by atoms with Gasteiger partial charge in [-0.1, -0.05) is 30.7 Å². The molecular weight excluding hydrogens is 353 g/mol. The van der Waals surface area contributed by atoms with Crippen molar-refractivity contribution in [3.63, 3.8) is 0 Å². The molecule has 1 amide bonds. The van der Waals surface area contributed by atoms with Crippen LogP contribution in [0.15, 0.2) is 42.5 Å². The minimum absolute atomic E-state index is 0.0943. The van der Waals surface area contributed by atoms with Crippen LogP contribution in [0.5, 0.6) is 0 Å². The molecule has 1 aliphatic rings. The highest BCUT2D eigenvalue weighted by molar-refractivity contribution is 5.95. The van der Waals surface area contributed by atoms with Crippen molar-refractivity contribution in [2.75, 3.05) is 0 Å². The van der Waals surface area contributed by atoms with E-state index in [1.807, 2.05) is 0 Å². The van der Waals surface area contributed by atoms with Gasteiger partial charge in [-0.05, 0) is 36.6 Å². The molecule has 0 saturated heterocycles. The first-order valence-corrected chi connectivity index (χ1v) is 8.20. The Morgan fingerprint density at radius 3 is 2.27 bits per heavy atom. The SMILES string of the molecule is O=C(N[C@@H]1CCC[C@@H]1c1ccccc1C(F)(F)F)c1c(F)cccc1F.